The van der Waals surface area contributed by atoms with Gasteiger partial charge in [0.2, 0.25) is 0 Å². The summed E-state index contributed by atoms with van der Waals surface area (Å²) in [6.45, 7) is 2.97. The highest BCUT2D eigenvalue weighted by Crippen LogP contribution is 2.26. The normalized spacial score (nSPS) is 10.2. The standard InChI is InChI=1S/C12H16ClNO2/c1-2-16-12-6-5-9(8-10(12)13)11(15)4-3-7-14/h5-6,8H,2-4,7,14H2,1H3. The summed E-state index contributed by atoms with van der Waals surface area (Å²) in [6.07, 6.45) is 1.16. The van der Waals surface area contributed by atoms with E-state index in [2.05, 4.69) is 0 Å². The molecule has 0 saturated carbocycles. The summed E-state index contributed by atoms with van der Waals surface area (Å²) in [5, 5.41) is 0.473. The van der Waals surface area contributed by atoms with Gasteiger partial charge < -0.3 is 10.5 Å². The molecule has 4 heteroatoms. The Morgan fingerprint density at radius 2 is 2.25 bits per heavy atom. The van der Waals surface area contributed by atoms with E-state index in [4.69, 9.17) is 22.1 Å². The van der Waals surface area contributed by atoms with Crippen molar-refractivity contribution in [1.82, 2.24) is 0 Å². The number of rotatable bonds is 6. The molecule has 88 valence electrons. The maximum Gasteiger partial charge on any atom is 0.162 e. The lowest BCUT2D eigenvalue weighted by Gasteiger charge is -2.07. The summed E-state index contributed by atoms with van der Waals surface area (Å²) < 4.78 is 5.29. The van der Waals surface area contributed by atoms with Gasteiger partial charge in [-0.1, -0.05) is 11.6 Å². The van der Waals surface area contributed by atoms with Crippen LogP contribution in [-0.4, -0.2) is 18.9 Å². The van der Waals surface area contributed by atoms with Crippen molar-refractivity contribution in [1.29, 1.82) is 0 Å². The lowest BCUT2D eigenvalue weighted by atomic mass is 10.1. The number of nitrogens with two attached hydrogens (primary N) is 1. The number of carbonyl (C=O) groups is 1. The van der Waals surface area contributed by atoms with Gasteiger partial charge in [0.1, 0.15) is 5.75 Å². The molecular formula is C12H16ClNO2. The maximum absolute atomic E-state index is 11.7. The molecule has 1 rings (SSSR count). The van der Waals surface area contributed by atoms with Gasteiger partial charge in [0.25, 0.3) is 0 Å². The molecule has 1 aromatic rings. The Labute approximate surface area is 101 Å². The third-order valence-electron chi connectivity index (χ3n) is 2.16. The molecule has 0 bridgehead atoms. The second-order valence-electron chi connectivity index (χ2n) is 3.39. The Hall–Kier alpha value is -1.06. The lowest BCUT2D eigenvalue weighted by Crippen LogP contribution is -2.05. The first-order valence-electron chi connectivity index (χ1n) is 5.34. The van der Waals surface area contributed by atoms with E-state index in [1.165, 1.54) is 0 Å². The molecule has 0 fully saturated rings. The first-order chi connectivity index (χ1) is 7.69. The number of hydrogen-bond acceptors (Lipinski definition) is 3. The molecule has 0 unspecified atom stereocenters. The van der Waals surface area contributed by atoms with Crippen molar-refractivity contribution in [2.24, 2.45) is 5.73 Å². The number of benzene rings is 1. The van der Waals surface area contributed by atoms with Gasteiger partial charge in [-0.15, -0.1) is 0 Å². The van der Waals surface area contributed by atoms with Gasteiger partial charge in [-0.05, 0) is 38.1 Å². The van der Waals surface area contributed by atoms with E-state index in [0.717, 1.165) is 0 Å². The lowest BCUT2D eigenvalue weighted by molar-refractivity contribution is 0.0981. The van der Waals surface area contributed by atoms with Crippen LogP contribution in [0.4, 0.5) is 0 Å². The van der Waals surface area contributed by atoms with Crippen LogP contribution in [0.2, 0.25) is 5.02 Å². The second kappa shape index (κ2) is 6.51. The highest BCUT2D eigenvalue weighted by atomic mass is 35.5. The van der Waals surface area contributed by atoms with Crippen LogP contribution in [0.1, 0.15) is 30.1 Å². The van der Waals surface area contributed by atoms with Crippen LogP contribution in [0.15, 0.2) is 18.2 Å². The SMILES string of the molecule is CCOc1ccc(C(=O)CCCN)cc1Cl. The zero-order valence-electron chi connectivity index (χ0n) is 9.33. The molecule has 0 amide bonds. The van der Waals surface area contributed by atoms with E-state index in [0.29, 0.717) is 42.3 Å². The largest absolute Gasteiger partial charge is 0.492 e. The zero-order valence-corrected chi connectivity index (χ0v) is 10.1. The predicted octanol–water partition coefficient (Wildman–Crippen LogP) is 2.66. The number of halogens is 1. The van der Waals surface area contributed by atoms with Crippen LogP contribution >= 0.6 is 11.6 Å². The summed E-state index contributed by atoms with van der Waals surface area (Å²) in [5.74, 6) is 0.676. The minimum Gasteiger partial charge on any atom is -0.492 e. The molecule has 0 atom stereocenters. The van der Waals surface area contributed by atoms with E-state index in [9.17, 15) is 4.79 Å². The van der Waals surface area contributed by atoms with Crippen LogP contribution in [0, 0.1) is 0 Å². The third kappa shape index (κ3) is 3.51. The monoisotopic (exact) mass is 241 g/mol. The summed E-state index contributed by atoms with van der Waals surface area (Å²) in [6, 6.07) is 5.10. The number of hydrogen-bond donors (Lipinski definition) is 1. The molecule has 0 aromatic heterocycles. The molecule has 0 heterocycles. The van der Waals surface area contributed by atoms with Gasteiger partial charge in [-0.2, -0.15) is 0 Å². The Balaban J connectivity index is 2.76. The number of Topliss-reactive ketones (excluding diaryl/α,β-unsaturated/α-hetero) is 1. The van der Waals surface area contributed by atoms with Crippen LogP contribution in [0.5, 0.6) is 5.75 Å². The summed E-state index contributed by atoms with van der Waals surface area (Å²) in [4.78, 5) is 11.7. The second-order valence-corrected chi connectivity index (χ2v) is 3.80. The fourth-order valence-corrected chi connectivity index (χ4v) is 1.59. The van der Waals surface area contributed by atoms with E-state index in [1.54, 1.807) is 18.2 Å². The molecule has 0 spiro atoms. The van der Waals surface area contributed by atoms with E-state index >= 15 is 0 Å². The average Bonchev–Trinajstić information content (AvgIpc) is 2.29. The van der Waals surface area contributed by atoms with Crippen molar-refractivity contribution in [2.75, 3.05) is 13.2 Å². The topological polar surface area (TPSA) is 52.3 Å². The molecule has 0 aliphatic rings. The Bertz CT molecular complexity index is 366. The van der Waals surface area contributed by atoms with E-state index < -0.39 is 0 Å². The minimum absolute atomic E-state index is 0.0652. The summed E-state index contributed by atoms with van der Waals surface area (Å²) >= 11 is 5.98. The molecule has 1 aromatic carbocycles. The molecule has 16 heavy (non-hydrogen) atoms. The fraction of sp³-hybridized carbons (Fsp3) is 0.417. The van der Waals surface area contributed by atoms with Gasteiger partial charge in [0, 0.05) is 12.0 Å². The first-order valence-corrected chi connectivity index (χ1v) is 5.72. The molecular weight excluding hydrogens is 226 g/mol. The van der Waals surface area contributed by atoms with Crippen molar-refractivity contribution in [3.05, 3.63) is 28.8 Å². The average molecular weight is 242 g/mol. The number of ketones is 1. The molecule has 3 nitrogen and oxygen atoms in total. The summed E-state index contributed by atoms with van der Waals surface area (Å²) in [5.41, 5.74) is 5.96. The molecule has 0 aliphatic carbocycles. The highest BCUT2D eigenvalue weighted by Gasteiger charge is 2.08. The van der Waals surface area contributed by atoms with Gasteiger partial charge in [-0.3, -0.25) is 4.79 Å². The van der Waals surface area contributed by atoms with Crippen molar-refractivity contribution < 1.29 is 9.53 Å². The number of carbonyl (C=O) groups excluding carboxylic acids is 1. The predicted molar refractivity (Wildman–Crippen MR) is 65.2 cm³/mol. The van der Waals surface area contributed by atoms with Crippen molar-refractivity contribution in [3.63, 3.8) is 0 Å². The van der Waals surface area contributed by atoms with Crippen molar-refractivity contribution >= 4 is 17.4 Å². The van der Waals surface area contributed by atoms with Gasteiger partial charge in [0.15, 0.2) is 5.78 Å². The maximum atomic E-state index is 11.7. The zero-order chi connectivity index (χ0) is 12.0. The Kier molecular flexibility index (Phi) is 5.29. The number of ether oxygens (including phenoxy) is 1. The van der Waals surface area contributed by atoms with Crippen molar-refractivity contribution in [3.8, 4) is 5.75 Å². The highest BCUT2D eigenvalue weighted by molar-refractivity contribution is 6.32. The van der Waals surface area contributed by atoms with Gasteiger partial charge >= 0.3 is 0 Å². The molecule has 0 aliphatic heterocycles. The van der Waals surface area contributed by atoms with E-state index in [-0.39, 0.29) is 5.78 Å². The summed E-state index contributed by atoms with van der Waals surface area (Å²) in [7, 11) is 0. The smallest absolute Gasteiger partial charge is 0.162 e. The van der Waals surface area contributed by atoms with Gasteiger partial charge in [-0.25, -0.2) is 0 Å². The van der Waals surface area contributed by atoms with E-state index in [1.807, 2.05) is 6.92 Å². The molecule has 0 saturated heterocycles. The third-order valence-corrected chi connectivity index (χ3v) is 2.46. The first kappa shape index (κ1) is 13.0. The molecule has 0 radical (unpaired) electrons. The quantitative estimate of drug-likeness (QED) is 0.779. The Morgan fingerprint density at radius 3 is 2.81 bits per heavy atom. The van der Waals surface area contributed by atoms with Crippen LogP contribution in [0.25, 0.3) is 0 Å². The van der Waals surface area contributed by atoms with Crippen molar-refractivity contribution in [2.45, 2.75) is 19.8 Å². The van der Waals surface area contributed by atoms with Gasteiger partial charge in [0.05, 0.1) is 11.6 Å². The minimum atomic E-state index is 0.0652. The van der Waals surface area contributed by atoms with Crippen LogP contribution in [0.3, 0.4) is 0 Å². The van der Waals surface area contributed by atoms with Crippen LogP contribution < -0.4 is 10.5 Å². The molecule has 2 N–H and O–H groups in total. The van der Waals surface area contributed by atoms with Crippen LogP contribution in [-0.2, 0) is 0 Å². The Morgan fingerprint density at radius 1 is 1.50 bits per heavy atom. The fourth-order valence-electron chi connectivity index (χ4n) is 1.35.